The first-order valence-corrected chi connectivity index (χ1v) is 8.52. The fourth-order valence-corrected chi connectivity index (χ4v) is 3.35. The van der Waals surface area contributed by atoms with Crippen molar-refractivity contribution in [1.29, 1.82) is 0 Å². The van der Waals surface area contributed by atoms with Gasteiger partial charge in [0, 0.05) is 6.42 Å². The van der Waals surface area contributed by atoms with E-state index in [-0.39, 0.29) is 5.41 Å². The molecule has 0 unspecified atom stereocenters. The van der Waals surface area contributed by atoms with Crippen LogP contribution in [-0.2, 0) is 18.4 Å². The van der Waals surface area contributed by atoms with Crippen molar-refractivity contribution in [3.8, 4) is 0 Å². The van der Waals surface area contributed by atoms with Gasteiger partial charge in [-0.3, -0.25) is 0 Å². The van der Waals surface area contributed by atoms with Crippen molar-refractivity contribution in [3.63, 3.8) is 0 Å². The van der Waals surface area contributed by atoms with Crippen LogP contribution in [0.4, 0.5) is 0 Å². The van der Waals surface area contributed by atoms with Crippen LogP contribution in [0.15, 0.2) is 59.1 Å². The third kappa shape index (κ3) is 2.41. The Labute approximate surface area is 144 Å². The molecule has 0 spiro atoms. The molecule has 4 aromatic rings. The van der Waals surface area contributed by atoms with Crippen molar-refractivity contribution < 1.29 is 4.52 Å². The van der Waals surface area contributed by atoms with Crippen molar-refractivity contribution in [2.45, 2.75) is 31.2 Å². The Morgan fingerprint density at radius 3 is 2.64 bits per heavy atom. The Bertz CT molecular complexity index is 1020. The van der Waals surface area contributed by atoms with Gasteiger partial charge in [-0.2, -0.15) is 4.98 Å². The lowest BCUT2D eigenvalue weighted by Gasteiger charge is -2.09. The van der Waals surface area contributed by atoms with Crippen molar-refractivity contribution in [2.24, 2.45) is 0 Å². The molecule has 2 heterocycles. The van der Waals surface area contributed by atoms with E-state index in [4.69, 9.17) is 4.52 Å². The third-order valence-electron chi connectivity index (χ3n) is 4.92. The summed E-state index contributed by atoms with van der Waals surface area (Å²) in [6.07, 6.45) is 2.79. The first-order chi connectivity index (χ1) is 12.4. The SMILES string of the molecule is c1ccc(C2(c3nc(CCn4nnc5ccccc54)no3)CC2)cc1. The van der Waals surface area contributed by atoms with Crippen LogP contribution in [0, 0.1) is 0 Å². The fraction of sp³-hybridized carbons (Fsp3) is 0.263. The molecular formula is C19H17N5O. The minimum atomic E-state index is -0.0769. The predicted molar refractivity (Wildman–Crippen MR) is 92.0 cm³/mol. The predicted octanol–water partition coefficient (Wildman–Crippen LogP) is 3.14. The van der Waals surface area contributed by atoms with Crippen molar-refractivity contribution in [1.82, 2.24) is 25.1 Å². The summed E-state index contributed by atoms with van der Waals surface area (Å²) in [4.78, 5) is 4.66. The summed E-state index contributed by atoms with van der Waals surface area (Å²) in [5, 5.41) is 12.6. The van der Waals surface area contributed by atoms with E-state index >= 15 is 0 Å². The Balaban J connectivity index is 1.35. The number of aryl methyl sites for hydroxylation is 2. The number of aromatic nitrogens is 5. The number of fused-ring (bicyclic) bond motifs is 1. The quantitative estimate of drug-likeness (QED) is 0.562. The van der Waals surface area contributed by atoms with Crippen LogP contribution in [0.3, 0.4) is 0 Å². The second-order valence-electron chi connectivity index (χ2n) is 6.52. The van der Waals surface area contributed by atoms with Gasteiger partial charge in [-0.05, 0) is 30.5 Å². The van der Waals surface area contributed by atoms with Gasteiger partial charge in [0.2, 0.25) is 5.89 Å². The number of hydrogen-bond donors (Lipinski definition) is 0. The Kier molecular flexibility index (Phi) is 3.16. The van der Waals surface area contributed by atoms with Gasteiger partial charge >= 0.3 is 0 Å². The Hall–Kier alpha value is -3.02. The van der Waals surface area contributed by atoms with Gasteiger partial charge in [-0.1, -0.05) is 52.8 Å². The molecule has 6 nitrogen and oxygen atoms in total. The molecule has 0 radical (unpaired) electrons. The van der Waals surface area contributed by atoms with Gasteiger partial charge in [0.1, 0.15) is 5.52 Å². The molecule has 0 N–H and O–H groups in total. The van der Waals surface area contributed by atoms with Crippen LogP contribution < -0.4 is 0 Å². The molecule has 1 aliphatic carbocycles. The highest BCUT2D eigenvalue weighted by Crippen LogP contribution is 2.52. The molecule has 0 amide bonds. The number of nitrogens with zero attached hydrogens (tertiary/aromatic N) is 5. The van der Waals surface area contributed by atoms with Crippen LogP contribution in [0.25, 0.3) is 11.0 Å². The molecule has 1 aliphatic rings. The normalized spacial score (nSPS) is 15.5. The number of benzene rings is 2. The summed E-state index contributed by atoms with van der Waals surface area (Å²) in [5.74, 6) is 1.45. The molecule has 0 atom stereocenters. The van der Waals surface area contributed by atoms with E-state index in [9.17, 15) is 0 Å². The second-order valence-corrected chi connectivity index (χ2v) is 6.52. The maximum absolute atomic E-state index is 5.60. The van der Waals surface area contributed by atoms with Crippen LogP contribution in [0.2, 0.25) is 0 Å². The molecule has 0 saturated heterocycles. The zero-order valence-corrected chi connectivity index (χ0v) is 13.7. The molecule has 124 valence electrons. The molecule has 2 aromatic carbocycles. The summed E-state index contributed by atoms with van der Waals surface area (Å²) < 4.78 is 7.48. The Morgan fingerprint density at radius 1 is 1.00 bits per heavy atom. The van der Waals surface area contributed by atoms with E-state index in [1.807, 2.05) is 35.0 Å². The van der Waals surface area contributed by atoms with E-state index in [0.717, 1.165) is 35.6 Å². The lowest BCUT2D eigenvalue weighted by Crippen LogP contribution is -2.09. The van der Waals surface area contributed by atoms with E-state index in [1.54, 1.807) is 0 Å². The standard InChI is InChI=1S/C19H17N5O/c1-2-6-14(7-3-1)19(11-12-19)18-20-17(22-25-18)10-13-24-16-9-5-4-8-15(16)21-23-24/h1-9H,10-13H2. The van der Waals surface area contributed by atoms with Gasteiger partial charge in [0.15, 0.2) is 5.82 Å². The van der Waals surface area contributed by atoms with Crippen molar-refractivity contribution >= 4 is 11.0 Å². The maximum atomic E-state index is 5.60. The highest BCUT2D eigenvalue weighted by molar-refractivity contribution is 5.73. The summed E-state index contributed by atoms with van der Waals surface area (Å²) >= 11 is 0. The topological polar surface area (TPSA) is 69.6 Å². The van der Waals surface area contributed by atoms with Crippen LogP contribution in [0.1, 0.15) is 30.1 Å². The molecule has 1 fully saturated rings. The average Bonchev–Trinajstić information content (AvgIpc) is 3.16. The summed E-state index contributed by atoms with van der Waals surface area (Å²) in [6, 6.07) is 18.4. The van der Waals surface area contributed by atoms with Crippen LogP contribution in [-0.4, -0.2) is 25.1 Å². The average molecular weight is 331 g/mol. The minimum Gasteiger partial charge on any atom is -0.338 e. The van der Waals surface area contributed by atoms with Crippen molar-refractivity contribution in [3.05, 3.63) is 71.9 Å². The van der Waals surface area contributed by atoms with Gasteiger partial charge < -0.3 is 4.52 Å². The summed E-state index contributed by atoms with van der Waals surface area (Å²) in [5.41, 5.74) is 3.10. The molecule has 0 bridgehead atoms. The van der Waals surface area contributed by atoms with E-state index in [2.05, 4.69) is 44.7 Å². The number of hydrogen-bond acceptors (Lipinski definition) is 5. The van der Waals surface area contributed by atoms with Crippen LogP contribution in [0.5, 0.6) is 0 Å². The monoisotopic (exact) mass is 331 g/mol. The van der Waals surface area contributed by atoms with Crippen molar-refractivity contribution in [2.75, 3.05) is 0 Å². The fourth-order valence-electron chi connectivity index (χ4n) is 3.35. The molecule has 5 rings (SSSR count). The zero-order chi connectivity index (χ0) is 16.7. The highest BCUT2D eigenvalue weighted by atomic mass is 16.5. The summed E-state index contributed by atoms with van der Waals surface area (Å²) in [6.45, 7) is 0.678. The molecule has 2 aromatic heterocycles. The number of para-hydroxylation sites is 1. The maximum Gasteiger partial charge on any atom is 0.237 e. The van der Waals surface area contributed by atoms with Gasteiger partial charge in [0.05, 0.1) is 17.5 Å². The lowest BCUT2D eigenvalue weighted by atomic mass is 9.96. The zero-order valence-electron chi connectivity index (χ0n) is 13.7. The minimum absolute atomic E-state index is 0.0769. The Morgan fingerprint density at radius 2 is 1.80 bits per heavy atom. The lowest BCUT2D eigenvalue weighted by molar-refractivity contribution is 0.354. The first kappa shape index (κ1) is 14.3. The molecule has 0 aliphatic heterocycles. The smallest absolute Gasteiger partial charge is 0.237 e. The summed E-state index contributed by atoms with van der Waals surface area (Å²) in [7, 11) is 0. The van der Waals surface area contributed by atoms with E-state index < -0.39 is 0 Å². The molecular weight excluding hydrogens is 314 g/mol. The van der Waals surface area contributed by atoms with Gasteiger partial charge in [-0.25, -0.2) is 4.68 Å². The molecule has 25 heavy (non-hydrogen) atoms. The first-order valence-electron chi connectivity index (χ1n) is 8.52. The highest BCUT2D eigenvalue weighted by Gasteiger charge is 2.50. The van der Waals surface area contributed by atoms with E-state index in [1.165, 1.54) is 5.56 Å². The van der Waals surface area contributed by atoms with Gasteiger partial charge in [0.25, 0.3) is 0 Å². The van der Waals surface area contributed by atoms with Gasteiger partial charge in [-0.15, -0.1) is 5.10 Å². The molecule has 6 heteroatoms. The second kappa shape index (κ2) is 5.51. The number of rotatable bonds is 5. The van der Waals surface area contributed by atoms with Crippen LogP contribution >= 0.6 is 0 Å². The third-order valence-corrected chi connectivity index (χ3v) is 4.92. The largest absolute Gasteiger partial charge is 0.338 e. The van der Waals surface area contributed by atoms with E-state index in [0.29, 0.717) is 13.0 Å². The molecule has 1 saturated carbocycles.